The van der Waals surface area contributed by atoms with Crippen LogP contribution >= 0.6 is 0 Å². The van der Waals surface area contributed by atoms with Crippen molar-refractivity contribution in [1.82, 2.24) is 10.2 Å². The van der Waals surface area contributed by atoms with Gasteiger partial charge in [-0.2, -0.15) is 0 Å². The number of carbonyl (C=O) groups is 2. The first kappa shape index (κ1) is 39.3. The number of hydrogen-bond donors (Lipinski definition) is 2. The topological polar surface area (TPSA) is 162 Å². The highest BCUT2D eigenvalue weighted by Crippen LogP contribution is 2.21. The summed E-state index contributed by atoms with van der Waals surface area (Å²) in [6, 6.07) is 6.57. The highest BCUT2D eigenvalue weighted by atomic mass is 16.6. The van der Waals surface area contributed by atoms with Gasteiger partial charge in [0.1, 0.15) is 0 Å². The number of amides is 2. The Balaban J connectivity index is 1.41. The summed E-state index contributed by atoms with van der Waals surface area (Å²) in [4.78, 5) is 42.6. The number of aliphatic imine (C=N–C) groups is 4. The third-order valence-corrected chi connectivity index (χ3v) is 6.98. The van der Waals surface area contributed by atoms with Crippen molar-refractivity contribution in [3.63, 3.8) is 0 Å². The van der Waals surface area contributed by atoms with E-state index in [1.54, 1.807) is 12.4 Å². The largest absolute Gasteiger partial charge is 0.379 e. The van der Waals surface area contributed by atoms with Crippen LogP contribution in [0.4, 0.5) is 0 Å². The van der Waals surface area contributed by atoms with E-state index in [4.69, 9.17) is 24.7 Å². The molecule has 0 aromatic heterocycles. The number of aryl methyl sites for hydroxylation is 1. The fourth-order valence-electron chi connectivity index (χ4n) is 4.42. The second-order valence-electron chi connectivity index (χ2n) is 10.4. The molecular formula is C34H51N7O6. The first-order chi connectivity index (χ1) is 23.0. The van der Waals surface area contributed by atoms with Crippen molar-refractivity contribution in [2.45, 2.75) is 32.7 Å². The zero-order chi connectivity index (χ0) is 34.0. The third-order valence-electron chi connectivity index (χ3n) is 6.98. The van der Waals surface area contributed by atoms with Crippen LogP contribution in [0, 0.1) is 0 Å². The Kier molecular flexibility index (Phi) is 21.1. The van der Waals surface area contributed by atoms with Crippen molar-refractivity contribution in [3.05, 3.63) is 58.4 Å². The molecule has 1 aliphatic heterocycles. The number of nitrogens with zero attached hydrogens (tertiary/aromatic N) is 5. The maximum absolute atomic E-state index is 12.6. The van der Waals surface area contributed by atoms with Gasteiger partial charge in [0.25, 0.3) is 5.91 Å². The van der Waals surface area contributed by atoms with Gasteiger partial charge in [-0.25, -0.2) is 0 Å². The summed E-state index contributed by atoms with van der Waals surface area (Å²) in [6.45, 7) is 15.0. The first-order valence-electron chi connectivity index (χ1n) is 16.0. The Bertz CT molecular complexity index is 1230. The Hall–Kier alpha value is -3.88. The number of hydrogen-bond acceptors (Lipinski definition) is 11. The Morgan fingerprint density at radius 3 is 2.17 bits per heavy atom. The molecule has 0 atom stereocenters. The van der Waals surface area contributed by atoms with Gasteiger partial charge in [-0.15, -0.1) is 0 Å². The number of fused-ring (bicyclic) bond motifs is 1. The van der Waals surface area contributed by atoms with Crippen LogP contribution < -0.4 is 11.1 Å². The Morgan fingerprint density at radius 2 is 1.53 bits per heavy atom. The van der Waals surface area contributed by atoms with Crippen LogP contribution in [0.5, 0.6) is 0 Å². The summed E-state index contributed by atoms with van der Waals surface area (Å²) >= 11 is 0. The minimum atomic E-state index is -0.332. The summed E-state index contributed by atoms with van der Waals surface area (Å²) in [7, 11) is 0. The fraction of sp³-hybridized carbons (Fsp3) is 0.529. The molecule has 0 fully saturated rings. The number of carbonyl (C=O) groups excluding carboxylic acids is 2. The summed E-state index contributed by atoms with van der Waals surface area (Å²) in [5.74, 6) is -0.210. The molecule has 13 nitrogen and oxygen atoms in total. The summed E-state index contributed by atoms with van der Waals surface area (Å²) in [5.41, 5.74) is 10.6. The van der Waals surface area contributed by atoms with Gasteiger partial charge in [0.05, 0.1) is 77.9 Å². The van der Waals surface area contributed by atoms with Gasteiger partial charge in [0.2, 0.25) is 5.91 Å². The van der Waals surface area contributed by atoms with Gasteiger partial charge < -0.3 is 34.9 Å². The highest BCUT2D eigenvalue weighted by molar-refractivity contribution is 6.12. The molecule has 1 aromatic carbocycles. The second kappa shape index (κ2) is 25.2. The van der Waals surface area contributed by atoms with E-state index < -0.39 is 0 Å². The van der Waals surface area contributed by atoms with Crippen molar-refractivity contribution in [3.8, 4) is 0 Å². The molecule has 0 unspecified atom stereocenters. The average Bonchev–Trinajstić information content (AvgIpc) is 3.09. The van der Waals surface area contributed by atoms with Gasteiger partial charge in [-0.3, -0.25) is 29.6 Å². The van der Waals surface area contributed by atoms with Crippen LogP contribution in [0.3, 0.4) is 0 Å². The van der Waals surface area contributed by atoms with E-state index in [-0.39, 0.29) is 17.4 Å². The molecule has 0 bridgehead atoms. The van der Waals surface area contributed by atoms with Gasteiger partial charge in [-0.05, 0) is 43.0 Å². The lowest BCUT2D eigenvalue weighted by Crippen LogP contribution is -2.36. The average molecular weight is 654 g/mol. The number of benzene rings is 1. The molecule has 0 spiro atoms. The lowest BCUT2D eigenvalue weighted by Gasteiger charge is -2.29. The van der Waals surface area contributed by atoms with Crippen LogP contribution in [0.2, 0.25) is 0 Å². The number of nitrogens with one attached hydrogen (secondary N) is 1. The predicted molar refractivity (Wildman–Crippen MR) is 187 cm³/mol. The van der Waals surface area contributed by atoms with E-state index in [2.05, 4.69) is 63.8 Å². The highest BCUT2D eigenvalue weighted by Gasteiger charge is 2.20. The second-order valence-corrected chi connectivity index (χ2v) is 10.4. The van der Waals surface area contributed by atoms with Crippen LogP contribution in [0.1, 0.15) is 30.0 Å². The lowest BCUT2D eigenvalue weighted by atomic mass is 9.96. The number of nitrogens with two attached hydrogens (primary N) is 1. The molecule has 2 amide bonds. The molecule has 258 valence electrons. The molecule has 0 saturated carbocycles. The summed E-state index contributed by atoms with van der Waals surface area (Å²) in [5, 5.41) is 2.75. The Labute approximate surface area is 278 Å². The SMILES string of the molecule is C=N/C=C(\C=N/CC/N=C\C(=C/N=C)C(=O)NCCOCCOCCOCCOCCC(=O)N1CCc2cc(CC)ccc2C1)CN. The fourth-order valence-corrected chi connectivity index (χ4v) is 4.42. The molecule has 0 radical (unpaired) electrons. The maximum atomic E-state index is 12.6. The molecule has 2 rings (SSSR count). The Morgan fingerprint density at radius 1 is 0.894 bits per heavy atom. The van der Waals surface area contributed by atoms with Gasteiger partial charge in [-0.1, -0.05) is 25.1 Å². The quantitative estimate of drug-likeness (QED) is 0.0927. The predicted octanol–water partition coefficient (Wildman–Crippen LogP) is 1.98. The molecule has 3 N–H and O–H groups in total. The minimum Gasteiger partial charge on any atom is -0.379 e. The van der Waals surface area contributed by atoms with Crippen LogP contribution in [-0.2, 0) is 47.9 Å². The van der Waals surface area contributed by atoms with Gasteiger partial charge in [0.15, 0.2) is 0 Å². The molecular weight excluding hydrogens is 602 g/mol. The monoisotopic (exact) mass is 653 g/mol. The van der Waals surface area contributed by atoms with Crippen molar-refractivity contribution < 1.29 is 28.5 Å². The molecule has 13 heteroatoms. The van der Waals surface area contributed by atoms with Crippen molar-refractivity contribution in [2.24, 2.45) is 25.7 Å². The zero-order valence-corrected chi connectivity index (χ0v) is 27.7. The number of rotatable bonds is 25. The molecule has 47 heavy (non-hydrogen) atoms. The molecule has 1 aliphatic rings. The van der Waals surface area contributed by atoms with E-state index in [1.165, 1.54) is 29.1 Å². The van der Waals surface area contributed by atoms with Crippen molar-refractivity contribution in [2.75, 3.05) is 85.6 Å². The van der Waals surface area contributed by atoms with E-state index in [1.807, 2.05) is 4.90 Å². The first-order valence-corrected chi connectivity index (χ1v) is 16.0. The normalized spacial score (nSPS) is 13.7. The van der Waals surface area contributed by atoms with Gasteiger partial charge >= 0.3 is 0 Å². The molecule has 1 aromatic rings. The smallest absolute Gasteiger partial charge is 0.254 e. The molecule has 0 saturated heterocycles. The zero-order valence-electron chi connectivity index (χ0n) is 27.7. The number of ether oxygens (including phenoxy) is 4. The third kappa shape index (κ3) is 17.0. The van der Waals surface area contributed by atoms with Crippen molar-refractivity contribution >= 4 is 37.7 Å². The maximum Gasteiger partial charge on any atom is 0.254 e. The lowest BCUT2D eigenvalue weighted by molar-refractivity contribution is -0.133. The van der Waals surface area contributed by atoms with Crippen molar-refractivity contribution in [1.29, 1.82) is 0 Å². The van der Waals surface area contributed by atoms with Crippen LogP contribution in [0.25, 0.3) is 0 Å². The summed E-state index contributed by atoms with van der Waals surface area (Å²) < 4.78 is 22.1. The van der Waals surface area contributed by atoms with E-state index >= 15 is 0 Å². The van der Waals surface area contributed by atoms with Gasteiger partial charge in [0, 0.05) is 56.6 Å². The van der Waals surface area contributed by atoms with Crippen LogP contribution in [0.15, 0.2) is 61.7 Å². The summed E-state index contributed by atoms with van der Waals surface area (Å²) in [6.07, 6.45) is 8.25. The molecule has 1 heterocycles. The standard InChI is InChI=1S/C34H51N7O6/c1-4-28-5-6-31-27-41(12-7-30(31)21-28)33(42)8-13-44-15-17-46-19-20-47-18-16-45-14-11-40-34(43)32(25-37-3)26-39-10-9-38-24-29(22-35)23-36-2/h5-6,21,23-26H,2-4,7-20,22,27,35H2,1H3,(H,40,43)/b29-23-,32-25+,38-24-,39-26-. The van der Waals surface area contributed by atoms with E-state index in [0.29, 0.717) is 92.0 Å². The molecule has 0 aliphatic carbocycles. The van der Waals surface area contributed by atoms with Crippen LogP contribution in [-0.4, -0.2) is 128 Å². The van der Waals surface area contributed by atoms with E-state index in [9.17, 15) is 9.59 Å². The van der Waals surface area contributed by atoms with E-state index in [0.717, 1.165) is 25.0 Å². The minimum absolute atomic E-state index is 0.123.